The van der Waals surface area contributed by atoms with Gasteiger partial charge in [0, 0.05) is 41.9 Å². The zero-order valence-corrected chi connectivity index (χ0v) is 15.9. The van der Waals surface area contributed by atoms with Gasteiger partial charge in [-0.1, -0.05) is 12.8 Å². The van der Waals surface area contributed by atoms with Crippen LogP contribution in [0.3, 0.4) is 0 Å². The number of benzene rings is 2. The molecular formula is C21H21N5O3. The topological polar surface area (TPSA) is 103 Å². The normalized spacial score (nSPS) is 13.8. The smallest absolute Gasteiger partial charge is 0.269 e. The van der Waals surface area contributed by atoms with Gasteiger partial charge in [-0.2, -0.15) is 0 Å². The summed E-state index contributed by atoms with van der Waals surface area (Å²) in [6, 6.07) is 13.0. The molecule has 8 heteroatoms. The molecule has 1 N–H and O–H groups in total. The summed E-state index contributed by atoms with van der Waals surface area (Å²) in [7, 11) is 0. The highest BCUT2D eigenvalue weighted by Gasteiger charge is 2.15. The molecule has 0 aliphatic carbocycles. The molecule has 0 fully saturated rings. The second-order valence-electron chi connectivity index (χ2n) is 7.09. The molecule has 148 valence electrons. The van der Waals surface area contributed by atoms with Crippen molar-refractivity contribution in [3.05, 3.63) is 70.0 Å². The van der Waals surface area contributed by atoms with Crippen molar-refractivity contribution < 1.29 is 9.72 Å². The monoisotopic (exact) mass is 391 g/mol. The maximum atomic E-state index is 12.4. The predicted octanol–water partition coefficient (Wildman–Crippen LogP) is 4.22. The number of aromatic nitrogens is 3. The molecule has 0 saturated heterocycles. The van der Waals surface area contributed by atoms with Gasteiger partial charge in [0.1, 0.15) is 5.82 Å². The van der Waals surface area contributed by atoms with Crippen molar-refractivity contribution in [3.63, 3.8) is 0 Å². The van der Waals surface area contributed by atoms with Crippen molar-refractivity contribution in [3.8, 4) is 11.4 Å². The number of rotatable bonds is 4. The zero-order chi connectivity index (χ0) is 20.2. The first-order valence-electron chi connectivity index (χ1n) is 9.70. The molecule has 1 amide bonds. The van der Waals surface area contributed by atoms with Gasteiger partial charge in [-0.15, -0.1) is 10.2 Å². The first-order chi connectivity index (χ1) is 14.1. The van der Waals surface area contributed by atoms with Crippen LogP contribution in [0.25, 0.3) is 11.4 Å². The lowest BCUT2D eigenvalue weighted by atomic mass is 10.1. The van der Waals surface area contributed by atoms with Crippen molar-refractivity contribution in [2.24, 2.45) is 0 Å². The Balaban J connectivity index is 1.48. The summed E-state index contributed by atoms with van der Waals surface area (Å²) in [6.45, 7) is 0.927. The standard InChI is InChI=1S/C21H21N5O3/c27-21(16-8-12-18(13-9-16)26(28)29)22-17-10-6-15(7-11-17)20-24-23-19-5-3-1-2-4-14-25(19)20/h6-13H,1-5,14H2,(H,22,27). The number of non-ortho nitro benzene ring substituents is 1. The highest BCUT2D eigenvalue weighted by Crippen LogP contribution is 2.24. The van der Waals surface area contributed by atoms with Crippen LogP contribution in [-0.4, -0.2) is 25.6 Å². The van der Waals surface area contributed by atoms with E-state index in [4.69, 9.17) is 0 Å². The first kappa shape index (κ1) is 18.8. The summed E-state index contributed by atoms with van der Waals surface area (Å²) in [5.41, 5.74) is 1.91. The number of carbonyl (C=O) groups is 1. The van der Waals surface area contributed by atoms with Gasteiger partial charge in [0.05, 0.1) is 4.92 Å². The molecule has 2 aromatic carbocycles. The van der Waals surface area contributed by atoms with E-state index in [2.05, 4.69) is 20.1 Å². The molecule has 0 saturated carbocycles. The number of amides is 1. The van der Waals surface area contributed by atoms with Crippen LogP contribution in [0.15, 0.2) is 48.5 Å². The lowest BCUT2D eigenvalue weighted by Crippen LogP contribution is -2.12. The fourth-order valence-electron chi connectivity index (χ4n) is 3.52. The van der Waals surface area contributed by atoms with E-state index in [1.807, 2.05) is 24.3 Å². The van der Waals surface area contributed by atoms with Crippen LogP contribution < -0.4 is 5.32 Å². The van der Waals surface area contributed by atoms with E-state index in [0.29, 0.717) is 11.3 Å². The van der Waals surface area contributed by atoms with Crippen LogP contribution >= 0.6 is 0 Å². The molecule has 3 aromatic rings. The molecule has 1 aliphatic heterocycles. The predicted molar refractivity (Wildman–Crippen MR) is 109 cm³/mol. The summed E-state index contributed by atoms with van der Waals surface area (Å²) in [5.74, 6) is 1.57. The third-order valence-corrected chi connectivity index (χ3v) is 5.10. The fraction of sp³-hybridized carbons (Fsp3) is 0.286. The molecule has 0 atom stereocenters. The molecular weight excluding hydrogens is 370 g/mol. The molecule has 4 rings (SSSR count). The first-order valence-corrected chi connectivity index (χ1v) is 9.70. The highest BCUT2D eigenvalue weighted by atomic mass is 16.6. The van der Waals surface area contributed by atoms with E-state index in [1.54, 1.807) is 0 Å². The minimum Gasteiger partial charge on any atom is -0.322 e. The third kappa shape index (κ3) is 4.16. The van der Waals surface area contributed by atoms with Crippen LogP contribution in [0.4, 0.5) is 11.4 Å². The number of nitro benzene ring substituents is 1. The number of nitrogens with one attached hydrogen (secondary N) is 1. The van der Waals surface area contributed by atoms with Gasteiger partial charge in [-0.3, -0.25) is 14.9 Å². The van der Waals surface area contributed by atoms with Crippen molar-refractivity contribution >= 4 is 17.3 Å². The van der Waals surface area contributed by atoms with Gasteiger partial charge in [-0.05, 0) is 49.2 Å². The Morgan fingerprint density at radius 1 is 0.966 bits per heavy atom. The van der Waals surface area contributed by atoms with Crippen molar-refractivity contribution in [1.82, 2.24) is 14.8 Å². The maximum absolute atomic E-state index is 12.4. The molecule has 1 aromatic heterocycles. The third-order valence-electron chi connectivity index (χ3n) is 5.10. The number of carbonyl (C=O) groups excluding carboxylic acids is 1. The van der Waals surface area contributed by atoms with Gasteiger partial charge >= 0.3 is 0 Å². The van der Waals surface area contributed by atoms with E-state index in [1.165, 1.54) is 37.1 Å². The Morgan fingerprint density at radius 2 is 1.69 bits per heavy atom. The van der Waals surface area contributed by atoms with Crippen LogP contribution in [0.5, 0.6) is 0 Å². The zero-order valence-electron chi connectivity index (χ0n) is 15.9. The number of aryl methyl sites for hydroxylation is 1. The summed E-state index contributed by atoms with van der Waals surface area (Å²) < 4.78 is 2.20. The molecule has 0 radical (unpaired) electrons. The van der Waals surface area contributed by atoms with Gasteiger partial charge in [0.15, 0.2) is 5.82 Å². The highest BCUT2D eigenvalue weighted by molar-refractivity contribution is 6.04. The van der Waals surface area contributed by atoms with Crippen LogP contribution in [0.1, 0.15) is 41.9 Å². The summed E-state index contributed by atoms with van der Waals surface area (Å²) in [6.07, 6.45) is 5.69. The molecule has 8 nitrogen and oxygen atoms in total. The summed E-state index contributed by atoms with van der Waals surface area (Å²) in [5, 5.41) is 22.3. The van der Waals surface area contributed by atoms with Crippen LogP contribution in [0, 0.1) is 10.1 Å². The van der Waals surface area contributed by atoms with E-state index in [9.17, 15) is 14.9 Å². The number of anilines is 1. The van der Waals surface area contributed by atoms with Crippen molar-refractivity contribution in [1.29, 1.82) is 0 Å². The van der Waals surface area contributed by atoms with Gasteiger partial charge in [-0.25, -0.2) is 0 Å². The Morgan fingerprint density at radius 3 is 2.41 bits per heavy atom. The van der Waals surface area contributed by atoms with Crippen molar-refractivity contribution in [2.75, 3.05) is 5.32 Å². The lowest BCUT2D eigenvalue weighted by molar-refractivity contribution is -0.384. The average Bonchev–Trinajstić information content (AvgIpc) is 3.10. The maximum Gasteiger partial charge on any atom is 0.269 e. The minimum absolute atomic E-state index is 0.0472. The summed E-state index contributed by atoms with van der Waals surface area (Å²) in [4.78, 5) is 22.6. The van der Waals surface area contributed by atoms with Gasteiger partial charge < -0.3 is 9.88 Å². The Kier molecular flexibility index (Phi) is 5.33. The molecule has 29 heavy (non-hydrogen) atoms. The fourth-order valence-corrected chi connectivity index (χ4v) is 3.52. The summed E-state index contributed by atoms with van der Waals surface area (Å²) >= 11 is 0. The number of nitro groups is 1. The number of hydrogen-bond donors (Lipinski definition) is 1. The van der Waals surface area contributed by atoms with E-state index < -0.39 is 4.92 Å². The van der Waals surface area contributed by atoms with E-state index in [0.717, 1.165) is 43.0 Å². The average molecular weight is 391 g/mol. The van der Waals surface area contributed by atoms with Gasteiger partial charge in [0.25, 0.3) is 11.6 Å². The second-order valence-corrected chi connectivity index (χ2v) is 7.09. The Bertz CT molecular complexity index is 1030. The minimum atomic E-state index is -0.493. The Hall–Kier alpha value is -3.55. The van der Waals surface area contributed by atoms with Crippen LogP contribution in [0.2, 0.25) is 0 Å². The lowest BCUT2D eigenvalue weighted by Gasteiger charge is -2.13. The second kappa shape index (κ2) is 8.22. The largest absolute Gasteiger partial charge is 0.322 e. The van der Waals surface area contributed by atoms with E-state index >= 15 is 0 Å². The molecule has 2 heterocycles. The van der Waals surface area contributed by atoms with E-state index in [-0.39, 0.29) is 11.6 Å². The number of hydrogen-bond acceptors (Lipinski definition) is 5. The van der Waals surface area contributed by atoms with Crippen LogP contribution in [-0.2, 0) is 13.0 Å². The molecule has 0 bridgehead atoms. The molecule has 0 spiro atoms. The quantitative estimate of drug-likeness (QED) is 0.530. The number of nitrogens with zero attached hydrogens (tertiary/aromatic N) is 4. The van der Waals surface area contributed by atoms with Crippen molar-refractivity contribution in [2.45, 2.75) is 38.6 Å². The SMILES string of the molecule is O=C(Nc1ccc(-c2nnc3n2CCCCCC3)cc1)c1ccc([N+](=O)[O-])cc1. The molecule has 0 unspecified atom stereocenters. The number of fused-ring (bicyclic) bond motifs is 1. The Labute approximate surface area is 167 Å². The molecule has 1 aliphatic rings. The van der Waals surface area contributed by atoms with Gasteiger partial charge in [0.2, 0.25) is 0 Å².